The van der Waals surface area contributed by atoms with Crippen LogP contribution in [0, 0.1) is 5.92 Å². The highest BCUT2D eigenvalue weighted by molar-refractivity contribution is 7.93. The molecule has 5 heteroatoms. The average Bonchev–Trinajstić information content (AvgIpc) is 2.17. The quantitative estimate of drug-likeness (QED) is 0.824. The van der Waals surface area contributed by atoms with Crippen LogP contribution in [0.1, 0.15) is 46.0 Å². The lowest BCUT2D eigenvalue weighted by molar-refractivity contribution is -0.137. The van der Waals surface area contributed by atoms with Crippen molar-refractivity contribution in [1.82, 2.24) is 0 Å². The van der Waals surface area contributed by atoms with Crippen LogP contribution in [0.25, 0.3) is 0 Å². The zero-order valence-corrected chi connectivity index (χ0v) is 10.7. The third-order valence-electron chi connectivity index (χ3n) is 3.22. The fourth-order valence-corrected chi connectivity index (χ4v) is 4.85. The summed E-state index contributed by atoms with van der Waals surface area (Å²) in [5.41, 5.74) is 0. The van der Waals surface area contributed by atoms with E-state index in [1.165, 1.54) is 0 Å². The number of rotatable bonds is 4. The van der Waals surface area contributed by atoms with Gasteiger partial charge in [0, 0.05) is 0 Å². The van der Waals surface area contributed by atoms with Gasteiger partial charge in [0.05, 0.1) is 5.25 Å². The van der Waals surface area contributed by atoms with Crippen LogP contribution < -0.4 is 0 Å². The molecule has 4 nitrogen and oxygen atoms in total. The van der Waals surface area contributed by atoms with Crippen LogP contribution in [0.15, 0.2) is 0 Å². The normalized spacial score (nSPS) is 20.9. The Morgan fingerprint density at radius 3 is 2.06 bits per heavy atom. The van der Waals surface area contributed by atoms with Crippen LogP contribution in [-0.4, -0.2) is 30.0 Å². The summed E-state index contributed by atoms with van der Waals surface area (Å²) in [5, 5.41) is 7.35. The van der Waals surface area contributed by atoms with E-state index in [-0.39, 0.29) is 5.92 Å². The molecule has 0 radical (unpaired) electrons. The van der Waals surface area contributed by atoms with Crippen LogP contribution in [0.2, 0.25) is 0 Å². The fourth-order valence-electron chi connectivity index (χ4n) is 2.41. The standard InChI is InChI=1S/C11H20O4S/c1-8(2)10(11(12)13)16(14,15)9-6-4-3-5-7-9/h8-10H,3-7H2,1-2H3,(H,12,13)/t10-/m0/s1. The molecule has 0 aromatic rings. The van der Waals surface area contributed by atoms with Crippen molar-refractivity contribution in [3.05, 3.63) is 0 Å². The molecule has 1 N–H and O–H groups in total. The average molecular weight is 248 g/mol. The number of aliphatic carboxylic acids is 1. The van der Waals surface area contributed by atoms with Gasteiger partial charge < -0.3 is 5.11 Å². The minimum Gasteiger partial charge on any atom is -0.480 e. The molecule has 0 aromatic heterocycles. The molecule has 0 bridgehead atoms. The number of carbonyl (C=O) groups is 1. The lowest BCUT2D eigenvalue weighted by Gasteiger charge is -2.26. The van der Waals surface area contributed by atoms with Gasteiger partial charge in [0.15, 0.2) is 15.1 Å². The summed E-state index contributed by atoms with van der Waals surface area (Å²) < 4.78 is 24.4. The molecule has 0 aliphatic heterocycles. The largest absolute Gasteiger partial charge is 0.480 e. The summed E-state index contributed by atoms with van der Waals surface area (Å²) in [6, 6.07) is 0. The first kappa shape index (κ1) is 13.5. The molecular weight excluding hydrogens is 228 g/mol. The molecular formula is C11H20O4S. The summed E-state index contributed by atoms with van der Waals surface area (Å²) in [4.78, 5) is 11.1. The molecule has 16 heavy (non-hydrogen) atoms. The Hall–Kier alpha value is -0.580. The second-order valence-corrected chi connectivity index (χ2v) is 7.20. The van der Waals surface area contributed by atoms with E-state index in [1.807, 2.05) is 0 Å². The summed E-state index contributed by atoms with van der Waals surface area (Å²) in [5.74, 6) is -1.58. The maximum atomic E-state index is 12.2. The predicted octanol–water partition coefficient (Wildman–Crippen LogP) is 1.84. The Morgan fingerprint density at radius 2 is 1.69 bits per heavy atom. The van der Waals surface area contributed by atoms with Crippen molar-refractivity contribution in [2.75, 3.05) is 0 Å². The number of hydrogen-bond acceptors (Lipinski definition) is 3. The van der Waals surface area contributed by atoms with E-state index in [1.54, 1.807) is 13.8 Å². The van der Waals surface area contributed by atoms with Gasteiger partial charge in [-0.3, -0.25) is 4.79 Å². The summed E-state index contributed by atoms with van der Waals surface area (Å²) in [6.45, 7) is 3.30. The molecule has 1 aliphatic rings. The molecule has 0 saturated heterocycles. The van der Waals surface area contributed by atoms with Gasteiger partial charge in [-0.15, -0.1) is 0 Å². The van der Waals surface area contributed by atoms with Gasteiger partial charge >= 0.3 is 5.97 Å². The van der Waals surface area contributed by atoms with Crippen molar-refractivity contribution in [1.29, 1.82) is 0 Å². The highest BCUT2D eigenvalue weighted by Gasteiger charge is 2.40. The van der Waals surface area contributed by atoms with Crippen LogP contribution in [0.3, 0.4) is 0 Å². The Morgan fingerprint density at radius 1 is 1.19 bits per heavy atom. The van der Waals surface area contributed by atoms with E-state index in [0.717, 1.165) is 19.3 Å². The minimum atomic E-state index is -3.52. The van der Waals surface area contributed by atoms with Gasteiger partial charge in [0.1, 0.15) is 0 Å². The van der Waals surface area contributed by atoms with Gasteiger partial charge in [-0.25, -0.2) is 8.42 Å². The first-order valence-corrected chi connectivity index (χ1v) is 7.44. The Labute approximate surface area is 97.0 Å². The van der Waals surface area contributed by atoms with Gasteiger partial charge in [-0.05, 0) is 18.8 Å². The number of hydrogen-bond donors (Lipinski definition) is 1. The van der Waals surface area contributed by atoms with Crippen molar-refractivity contribution in [3.8, 4) is 0 Å². The summed E-state index contributed by atoms with van der Waals surface area (Å²) in [7, 11) is -3.52. The van der Waals surface area contributed by atoms with Crippen LogP contribution in [0.5, 0.6) is 0 Å². The SMILES string of the molecule is CC(C)[C@@H](C(=O)O)S(=O)(=O)C1CCCCC1. The third-order valence-corrected chi connectivity index (χ3v) is 6.07. The zero-order valence-electron chi connectivity index (χ0n) is 9.85. The highest BCUT2D eigenvalue weighted by Crippen LogP contribution is 2.28. The van der Waals surface area contributed by atoms with Gasteiger partial charge in [0.2, 0.25) is 0 Å². The van der Waals surface area contributed by atoms with Crippen molar-refractivity contribution in [2.45, 2.75) is 56.5 Å². The van der Waals surface area contributed by atoms with E-state index in [4.69, 9.17) is 5.11 Å². The summed E-state index contributed by atoms with van der Waals surface area (Å²) in [6.07, 6.45) is 4.10. The van der Waals surface area contributed by atoms with Crippen molar-refractivity contribution in [2.24, 2.45) is 5.92 Å². The van der Waals surface area contributed by atoms with E-state index in [2.05, 4.69) is 0 Å². The first-order valence-electron chi connectivity index (χ1n) is 5.83. The summed E-state index contributed by atoms with van der Waals surface area (Å²) >= 11 is 0. The van der Waals surface area contributed by atoms with E-state index >= 15 is 0 Å². The Balaban J connectivity index is 2.93. The molecule has 1 atom stereocenters. The van der Waals surface area contributed by atoms with Gasteiger partial charge in [-0.1, -0.05) is 33.1 Å². The first-order chi connectivity index (χ1) is 7.37. The second kappa shape index (κ2) is 5.17. The molecule has 0 heterocycles. The Kier molecular flexibility index (Phi) is 4.35. The molecule has 1 saturated carbocycles. The maximum absolute atomic E-state index is 12.2. The predicted molar refractivity (Wildman–Crippen MR) is 62.1 cm³/mol. The van der Waals surface area contributed by atoms with Crippen LogP contribution >= 0.6 is 0 Å². The molecule has 1 rings (SSSR count). The second-order valence-electron chi connectivity index (χ2n) is 4.85. The lowest BCUT2D eigenvalue weighted by atomic mass is 10.0. The fraction of sp³-hybridized carbons (Fsp3) is 0.909. The third kappa shape index (κ3) is 2.75. The monoisotopic (exact) mass is 248 g/mol. The minimum absolute atomic E-state index is 0.371. The maximum Gasteiger partial charge on any atom is 0.322 e. The highest BCUT2D eigenvalue weighted by atomic mass is 32.2. The molecule has 1 aliphatic carbocycles. The molecule has 0 unspecified atom stereocenters. The van der Waals surface area contributed by atoms with E-state index in [0.29, 0.717) is 12.8 Å². The topological polar surface area (TPSA) is 71.4 Å². The lowest BCUT2D eigenvalue weighted by Crippen LogP contribution is -2.41. The van der Waals surface area contributed by atoms with E-state index < -0.39 is 26.3 Å². The van der Waals surface area contributed by atoms with Gasteiger partial charge in [-0.2, -0.15) is 0 Å². The van der Waals surface area contributed by atoms with Crippen molar-refractivity contribution >= 4 is 15.8 Å². The van der Waals surface area contributed by atoms with Crippen molar-refractivity contribution < 1.29 is 18.3 Å². The number of carboxylic acids is 1. The zero-order chi connectivity index (χ0) is 12.3. The van der Waals surface area contributed by atoms with E-state index in [9.17, 15) is 13.2 Å². The van der Waals surface area contributed by atoms with Gasteiger partial charge in [0.25, 0.3) is 0 Å². The smallest absolute Gasteiger partial charge is 0.322 e. The molecule has 0 amide bonds. The van der Waals surface area contributed by atoms with Crippen LogP contribution in [-0.2, 0) is 14.6 Å². The number of carboxylic acid groups (broad SMARTS) is 1. The molecule has 1 fully saturated rings. The van der Waals surface area contributed by atoms with Crippen LogP contribution in [0.4, 0.5) is 0 Å². The number of sulfone groups is 1. The van der Waals surface area contributed by atoms with Crippen molar-refractivity contribution in [3.63, 3.8) is 0 Å². The molecule has 0 spiro atoms. The molecule has 0 aromatic carbocycles. The Bertz CT molecular complexity index is 339. The molecule has 94 valence electrons.